The second-order valence-electron chi connectivity index (χ2n) is 2.32. The minimum Gasteiger partial charge on any atom is -0.395 e. The lowest BCUT2D eigenvalue weighted by molar-refractivity contribution is 0.172. The first kappa shape index (κ1) is 10.6. The molecule has 0 unspecified atom stereocenters. The van der Waals surface area contributed by atoms with E-state index in [9.17, 15) is 0 Å². The molecule has 0 fully saturated rings. The summed E-state index contributed by atoms with van der Waals surface area (Å²) in [5.74, 6) is 0. The second kappa shape index (κ2) is 7.72. The summed E-state index contributed by atoms with van der Waals surface area (Å²) in [6.45, 7) is 4.32. The minimum absolute atomic E-state index is 0.150. The lowest BCUT2D eigenvalue weighted by Gasteiger charge is -2.17. The van der Waals surface area contributed by atoms with Crippen molar-refractivity contribution in [1.29, 1.82) is 0 Å². The number of nitrogens with zero attached hydrogens (tertiary/aromatic N) is 1. The monoisotopic (exact) mass is 159 g/mol. The van der Waals surface area contributed by atoms with Crippen molar-refractivity contribution in [3.05, 3.63) is 12.2 Å². The molecule has 0 atom stereocenters. The highest BCUT2D eigenvalue weighted by atomic mass is 16.3. The van der Waals surface area contributed by atoms with Crippen molar-refractivity contribution in [3.8, 4) is 0 Å². The Kier molecular flexibility index (Phi) is 7.46. The summed E-state index contributed by atoms with van der Waals surface area (Å²) in [7, 11) is 0. The van der Waals surface area contributed by atoms with Crippen LogP contribution in [-0.2, 0) is 0 Å². The van der Waals surface area contributed by atoms with Crippen LogP contribution >= 0.6 is 0 Å². The Morgan fingerprint density at radius 3 is 2.09 bits per heavy atom. The van der Waals surface area contributed by atoms with E-state index in [0.717, 1.165) is 6.54 Å². The van der Waals surface area contributed by atoms with E-state index in [4.69, 9.17) is 10.2 Å². The van der Waals surface area contributed by atoms with E-state index in [1.165, 1.54) is 0 Å². The van der Waals surface area contributed by atoms with Gasteiger partial charge in [-0.05, 0) is 6.92 Å². The van der Waals surface area contributed by atoms with Crippen molar-refractivity contribution in [2.45, 2.75) is 6.92 Å². The van der Waals surface area contributed by atoms with Gasteiger partial charge in [0.05, 0.1) is 13.2 Å². The smallest absolute Gasteiger partial charge is 0.0558 e. The second-order valence-corrected chi connectivity index (χ2v) is 2.32. The van der Waals surface area contributed by atoms with E-state index in [1.807, 2.05) is 24.0 Å². The Morgan fingerprint density at radius 2 is 1.73 bits per heavy atom. The molecule has 0 aliphatic heterocycles. The molecule has 2 N–H and O–H groups in total. The lowest BCUT2D eigenvalue weighted by atomic mass is 10.4. The van der Waals surface area contributed by atoms with E-state index < -0.39 is 0 Å². The fraction of sp³-hybridized carbons (Fsp3) is 0.750. The fourth-order valence-corrected chi connectivity index (χ4v) is 0.832. The zero-order valence-corrected chi connectivity index (χ0v) is 7.03. The van der Waals surface area contributed by atoms with Gasteiger partial charge in [-0.15, -0.1) is 0 Å². The molecule has 0 bridgehead atoms. The molecule has 0 spiro atoms. The molecule has 3 nitrogen and oxygen atoms in total. The van der Waals surface area contributed by atoms with Crippen LogP contribution in [0, 0.1) is 0 Å². The van der Waals surface area contributed by atoms with Crippen molar-refractivity contribution >= 4 is 0 Å². The summed E-state index contributed by atoms with van der Waals surface area (Å²) in [6.07, 6.45) is 3.97. The molecule has 0 rings (SSSR count). The molecule has 0 heterocycles. The van der Waals surface area contributed by atoms with Gasteiger partial charge in [0.1, 0.15) is 0 Å². The summed E-state index contributed by atoms with van der Waals surface area (Å²) >= 11 is 0. The highest BCUT2D eigenvalue weighted by Crippen LogP contribution is 1.87. The zero-order chi connectivity index (χ0) is 8.53. The Bertz CT molecular complexity index is 98.3. The van der Waals surface area contributed by atoms with Crippen molar-refractivity contribution in [2.75, 3.05) is 32.8 Å². The number of hydrogen-bond donors (Lipinski definition) is 2. The Morgan fingerprint density at radius 1 is 1.18 bits per heavy atom. The van der Waals surface area contributed by atoms with Crippen LogP contribution in [-0.4, -0.2) is 48.0 Å². The third-order valence-corrected chi connectivity index (χ3v) is 1.43. The van der Waals surface area contributed by atoms with E-state index in [-0.39, 0.29) is 13.2 Å². The number of allylic oxidation sites excluding steroid dienone is 1. The predicted octanol–water partition coefficient (Wildman–Crippen LogP) is -0.151. The maximum Gasteiger partial charge on any atom is 0.0558 e. The van der Waals surface area contributed by atoms with Gasteiger partial charge in [0, 0.05) is 19.6 Å². The van der Waals surface area contributed by atoms with Crippen LogP contribution in [0.25, 0.3) is 0 Å². The molecule has 0 radical (unpaired) electrons. The summed E-state index contributed by atoms with van der Waals surface area (Å²) in [5.41, 5.74) is 0. The van der Waals surface area contributed by atoms with Gasteiger partial charge in [-0.2, -0.15) is 0 Å². The first-order valence-electron chi connectivity index (χ1n) is 3.90. The van der Waals surface area contributed by atoms with Crippen molar-refractivity contribution in [1.82, 2.24) is 4.90 Å². The quantitative estimate of drug-likeness (QED) is 0.530. The van der Waals surface area contributed by atoms with Crippen molar-refractivity contribution in [3.63, 3.8) is 0 Å². The molecular weight excluding hydrogens is 142 g/mol. The van der Waals surface area contributed by atoms with Crippen LogP contribution in [0.2, 0.25) is 0 Å². The molecule has 0 aromatic rings. The molecule has 11 heavy (non-hydrogen) atoms. The topological polar surface area (TPSA) is 43.7 Å². The summed E-state index contributed by atoms with van der Waals surface area (Å²) < 4.78 is 0. The van der Waals surface area contributed by atoms with Crippen molar-refractivity contribution in [2.24, 2.45) is 0 Å². The molecule has 0 aliphatic rings. The number of aliphatic hydroxyl groups excluding tert-OH is 2. The van der Waals surface area contributed by atoms with Crippen LogP contribution in [0.1, 0.15) is 6.92 Å². The molecule has 0 aromatic heterocycles. The largest absolute Gasteiger partial charge is 0.395 e. The third-order valence-electron chi connectivity index (χ3n) is 1.43. The van der Waals surface area contributed by atoms with E-state index in [0.29, 0.717) is 13.1 Å². The fourth-order valence-electron chi connectivity index (χ4n) is 0.832. The van der Waals surface area contributed by atoms with Crippen molar-refractivity contribution < 1.29 is 10.2 Å². The van der Waals surface area contributed by atoms with E-state index in [2.05, 4.69) is 0 Å². The SMILES string of the molecule is C/C=C/CN(CCO)CCO. The predicted molar refractivity (Wildman–Crippen MR) is 45.4 cm³/mol. The van der Waals surface area contributed by atoms with Gasteiger partial charge in [-0.3, -0.25) is 4.90 Å². The van der Waals surface area contributed by atoms with Gasteiger partial charge < -0.3 is 10.2 Å². The Labute approximate surface area is 68.0 Å². The lowest BCUT2D eigenvalue weighted by Crippen LogP contribution is -2.29. The minimum atomic E-state index is 0.150. The Balaban J connectivity index is 3.50. The summed E-state index contributed by atoms with van der Waals surface area (Å²) in [5, 5.41) is 17.2. The zero-order valence-electron chi connectivity index (χ0n) is 7.03. The summed E-state index contributed by atoms with van der Waals surface area (Å²) in [4.78, 5) is 1.99. The first-order chi connectivity index (χ1) is 5.35. The van der Waals surface area contributed by atoms with E-state index >= 15 is 0 Å². The van der Waals surface area contributed by atoms with E-state index in [1.54, 1.807) is 0 Å². The molecule has 0 saturated heterocycles. The Hall–Kier alpha value is -0.380. The average Bonchev–Trinajstić information content (AvgIpc) is 2.01. The first-order valence-corrected chi connectivity index (χ1v) is 3.90. The van der Waals surface area contributed by atoms with Crippen LogP contribution < -0.4 is 0 Å². The van der Waals surface area contributed by atoms with Crippen LogP contribution in [0.15, 0.2) is 12.2 Å². The van der Waals surface area contributed by atoms with Crippen LogP contribution in [0.4, 0.5) is 0 Å². The standard InChI is InChI=1S/C8H17NO2/c1-2-3-4-9(5-7-10)6-8-11/h2-3,10-11H,4-8H2,1H3/b3-2+. The summed E-state index contributed by atoms with van der Waals surface area (Å²) in [6, 6.07) is 0. The van der Waals surface area contributed by atoms with Gasteiger partial charge in [0.25, 0.3) is 0 Å². The third kappa shape index (κ3) is 6.04. The molecule has 66 valence electrons. The van der Waals surface area contributed by atoms with Gasteiger partial charge in [0.2, 0.25) is 0 Å². The molecule has 0 aliphatic carbocycles. The highest BCUT2D eigenvalue weighted by Gasteiger charge is 1.98. The van der Waals surface area contributed by atoms with Gasteiger partial charge in [-0.1, -0.05) is 12.2 Å². The number of hydrogen-bond acceptors (Lipinski definition) is 3. The average molecular weight is 159 g/mol. The maximum atomic E-state index is 8.62. The molecule has 0 amide bonds. The number of aliphatic hydroxyl groups is 2. The van der Waals surface area contributed by atoms with Crippen LogP contribution in [0.5, 0.6) is 0 Å². The molecule has 0 aromatic carbocycles. The van der Waals surface area contributed by atoms with Gasteiger partial charge >= 0.3 is 0 Å². The number of rotatable bonds is 6. The maximum absolute atomic E-state index is 8.62. The molecular formula is C8H17NO2. The van der Waals surface area contributed by atoms with Gasteiger partial charge in [0.15, 0.2) is 0 Å². The molecule has 3 heteroatoms. The highest BCUT2D eigenvalue weighted by molar-refractivity contribution is 4.80. The normalized spacial score (nSPS) is 11.6. The van der Waals surface area contributed by atoms with Crippen LogP contribution in [0.3, 0.4) is 0 Å². The van der Waals surface area contributed by atoms with Gasteiger partial charge in [-0.25, -0.2) is 0 Å². The molecule has 0 saturated carbocycles.